The molecule has 0 saturated carbocycles. The Bertz CT molecular complexity index is 703. The molecule has 0 aromatic heterocycles. The van der Waals surface area contributed by atoms with Crippen molar-refractivity contribution in [3.63, 3.8) is 0 Å². The topological polar surface area (TPSA) is 23.6 Å². The second kappa shape index (κ2) is 4.53. The monoisotopic (exact) mass is 296 g/mol. The zero-order valence-electron chi connectivity index (χ0n) is 11.8. The highest BCUT2D eigenvalue weighted by molar-refractivity contribution is 8.00. The second-order valence-corrected chi connectivity index (χ2v) is 6.66. The van der Waals surface area contributed by atoms with E-state index in [1.54, 1.807) is 4.90 Å². The molecule has 2 aromatic carbocycles. The molecule has 1 saturated heterocycles. The summed E-state index contributed by atoms with van der Waals surface area (Å²) in [6.45, 7) is 0.789. The van der Waals surface area contributed by atoms with Crippen molar-refractivity contribution in [2.24, 2.45) is 0 Å². The number of rotatable bonds is 1. The van der Waals surface area contributed by atoms with Crippen molar-refractivity contribution < 1.29 is 4.79 Å². The molecule has 4 heteroatoms. The summed E-state index contributed by atoms with van der Waals surface area (Å²) < 4.78 is 0. The highest BCUT2D eigenvalue weighted by Crippen LogP contribution is 2.54. The molecule has 2 aliphatic rings. The van der Waals surface area contributed by atoms with Gasteiger partial charge in [-0.15, -0.1) is 11.8 Å². The van der Waals surface area contributed by atoms with Crippen LogP contribution in [-0.2, 0) is 4.87 Å². The number of amides is 2. The molecule has 2 amide bonds. The SMILES string of the molecule is CN1C(=O)N2CCSC2(c2ccccc2)c2ccccc21. The minimum Gasteiger partial charge on any atom is -0.300 e. The molecule has 2 aliphatic heterocycles. The molecule has 1 unspecified atom stereocenters. The maximum atomic E-state index is 12.8. The van der Waals surface area contributed by atoms with Gasteiger partial charge in [-0.3, -0.25) is 4.90 Å². The van der Waals surface area contributed by atoms with Gasteiger partial charge in [0.1, 0.15) is 4.87 Å². The maximum absolute atomic E-state index is 12.8. The third kappa shape index (κ3) is 1.59. The summed E-state index contributed by atoms with van der Waals surface area (Å²) in [4.78, 5) is 16.2. The van der Waals surface area contributed by atoms with Gasteiger partial charge in [0.25, 0.3) is 0 Å². The molecule has 106 valence electrons. The van der Waals surface area contributed by atoms with E-state index >= 15 is 0 Å². The highest BCUT2D eigenvalue weighted by Gasteiger charge is 2.52. The van der Waals surface area contributed by atoms with Crippen LogP contribution in [0.5, 0.6) is 0 Å². The van der Waals surface area contributed by atoms with Gasteiger partial charge in [-0.1, -0.05) is 48.5 Å². The Labute approximate surface area is 128 Å². The van der Waals surface area contributed by atoms with Gasteiger partial charge >= 0.3 is 6.03 Å². The van der Waals surface area contributed by atoms with E-state index in [1.165, 1.54) is 11.1 Å². The van der Waals surface area contributed by atoms with Gasteiger partial charge < -0.3 is 4.90 Å². The number of carbonyl (C=O) groups is 1. The Balaban J connectivity index is 2.03. The minimum atomic E-state index is -0.374. The second-order valence-electron chi connectivity index (χ2n) is 5.37. The first-order valence-electron chi connectivity index (χ1n) is 7.09. The first-order valence-corrected chi connectivity index (χ1v) is 8.08. The number of fused-ring (bicyclic) bond motifs is 3. The number of para-hydroxylation sites is 1. The Morgan fingerprint density at radius 3 is 2.57 bits per heavy atom. The first kappa shape index (κ1) is 12.8. The molecule has 21 heavy (non-hydrogen) atoms. The lowest BCUT2D eigenvalue weighted by Crippen LogP contribution is -2.54. The number of benzene rings is 2. The molecular formula is C17H16N2OS. The van der Waals surface area contributed by atoms with Crippen molar-refractivity contribution in [1.29, 1.82) is 0 Å². The van der Waals surface area contributed by atoms with E-state index in [2.05, 4.69) is 24.3 Å². The Kier molecular flexibility index (Phi) is 2.76. The van der Waals surface area contributed by atoms with Crippen molar-refractivity contribution in [1.82, 2.24) is 4.90 Å². The molecule has 0 spiro atoms. The predicted octanol–water partition coefficient (Wildman–Crippen LogP) is 3.51. The van der Waals surface area contributed by atoms with Crippen LogP contribution in [0.1, 0.15) is 11.1 Å². The summed E-state index contributed by atoms with van der Waals surface area (Å²) in [5.41, 5.74) is 3.40. The number of thioether (sulfide) groups is 1. The average molecular weight is 296 g/mol. The Morgan fingerprint density at radius 2 is 1.76 bits per heavy atom. The molecule has 0 aliphatic carbocycles. The molecule has 4 rings (SSSR count). The van der Waals surface area contributed by atoms with Crippen LogP contribution in [0, 0.1) is 0 Å². The molecule has 0 radical (unpaired) electrons. The van der Waals surface area contributed by atoms with Crippen LogP contribution in [0.4, 0.5) is 10.5 Å². The number of nitrogens with zero attached hydrogens (tertiary/aromatic N) is 2. The fourth-order valence-electron chi connectivity index (χ4n) is 3.37. The van der Waals surface area contributed by atoms with E-state index in [-0.39, 0.29) is 10.9 Å². The highest BCUT2D eigenvalue weighted by atomic mass is 32.2. The summed E-state index contributed by atoms with van der Waals surface area (Å²) in [6, 6.07) is 18.7. The molecule has 2 heterocycles. The fraction of sp³-hybridized carbons (Fsp3) is 0.235. The van der Waals surface area contributed by atoms with E-state index in [9.17, 15) is 4.79 Å². The Morgan fingerprint density at radius 1 is 1.05 bits per heavy atom. The number of hydrogen-bond donors (Lipinski definition) is 0. The smallest absolute Gasteiger partial charge is 0.300 e. The van der Waals surface area contributed by atoms with Crippen LogP contribution >= 0.6 is 11.8 Å². The number of hydrogen-bond acceptors (Lipinski definition) is 2. The first-order chi connectivity index (χ1) is 10.2. The van der Waals surface area contributed by atoms with Crippen molar-refractivity contribution in [3.8, 4) is 0 Å². The predicted molar refractivity (Wildman–Crippen MR) is 86.6 cm³/mol. The number of anilines is 1. The van der Waals surface area contributed by atoms with Crippen LogP contribution in [-0.4, -0.2) is 30.3 Å². The van der Waals surface area contributed by atoms with Gasteiger partial charge in [-0.25, -0.2) is 4.79 Å². The maximum Gasteiger partial charge on any atom is 0.325 e. The van der Waals surface area contributed by atoms with Gasteiger partial charge in [-0.05, 0) is 11.6 Å². The zero-order valence-corrected chi connectivity index (χ0v) is 12.6. The van der Waals surface area contributed by atoms with E-state index in [4.69, 9.17) is 0 Å². The summed E-state index contributed by atoms with van der Waals surface area (Å²) in [5.74, 6) is 0.961. The lowest BCUT2D eigenvalue weighted by molar-refractivity contribution is 0.188. The van der Waals surface area contributed by atoms with E-state index in [0.717, 1.165) is 18.0 Å². The van der Waals surface area contributed by atoms with Crippen LogP contribution in [0.15, 0.2) is 54.6 Å². The zero-order chi connectivity index (χ0) is 14.4. The molecule has 3 nitrogen and oxygen atoms in total. The summed E-state index contributed by atoms with van der Waals surface area (Å²) in [5, 5.41) is 0. The Hall–Kier alpha value is -1.94. The van der Waals surface area contributed by atoms with Gasteiger partial charge in [0.15, 0.2) is 0 Å². The third-order valence-corrected chi connectivity index (χ3v) is 5.80. The summed E-state index contributed by atoms with van der Waals surface area (Å²) in [7, 11) is 1.86. The standard InChI is InChI=1S/C17H16N2OS/c1-18-15-10-6-5-9-14(15)17(13-7-3-2-4-8-13)19(16(18)20)11-12-21-17/h2-10H,11-12H2,1H3. The van der Waals surface area contributed by atoms with Gasteiger partial charge in [0.05, 0.1) is 5.69 Å². The molecule has 0 N–H and O–H groups in total. The van der Waals surface area contributed by atoms with Crippen molar-refractivity contribution in [2.45, 2.75) is 4.87 Å². The lowest BCUT2D eigenvalue weighted by Gasteiger charge is -2.46. The fourth-order valence-corrected chi connectivity index (χ4v) is 4.89. The minimum absolute atomic E-state index is 0.0857. The van der Waals surface area contributed by atoms with Crippen LogP contribution < -0.4 is 4.90 Å². The van der Waals surface area contributed by atoms with Gasteiger partial charge in [0.2, 0.25) is 0 Å². The van der Waals surface area contributed by atoms with E-state index in [0.29, 0.717) is 0 Å². The van der Waals surface area contributed by atoms with Gasteiger partial charge in [0, 0.05) is 24.9 Å². The van der Waals surface area contributed by atoms with Gasteiger partial charge in [-0.2, -0.15) is 0 Å². The number of urea groups is 1. The normalized spacial score (nSPS) is 24.0. The van der Waals surface area contributed by atoms with E-state index < -0.39 is 0 Å². The van der Waals surface area contributed by atoms with Crippen LogP contribution in [0.25, 0.3) is 0 Å². The van der Waals surface area contributed by atoms with Crippen LogP contribution in [0.3, 0.4) is 0 Å². The molecular weight excluding hydrogens is 280 g/mol. The number of carbonyl (C=O) groups excluding carboxylic acids is 1. The molecule has 2 aromatic rings. The van der Waals surface area contributed by atoms with Crippen molar-refractivity contribution in [3.05, 3.63) is 65.7 Å². The van der Waals surface area contributed by atoms with Crippen molar-refractivity contribution >= 4 is 23.5 Å². The largest absolute Gasteiger partial charge is 0.325 e. The summed E-state index contributed by atoms with van der Waals surface area (Å²) >= 11 is 1.85. The lowest BCUT2D eigenvalue weighted by atomic mass is 9.92. The average Bonchev–Trinajstić information content (AvgIpc) is 3.00. The quantitative estimate of drug-likeness (QED) is 0.804. The van der Waals surface area contributed by atoms with E-state index in [1.807, 2.05) is 54.0 Å². The molecule has 1 atom stereocenters. The summed E-state index contributed by atoms with van der Waals surface area (Å²) in [6.07, 6.45) is 0. The molecule has 0 bridgehead atoms. The third-order valence-electron chi connectivity index (χ3n) is 4.32. The van der Waals surface area contributed by atoms with Crippen molar-refractivity contribution in [2.75, 3.05) is 24.2 Å². The van der Waals surface area contributed by atoms with Crippen LogP contribution in [0.2, 0.25) is 0 Å². The molecule has 1 fully saturated rings.